The number of aromatic carboxylic acids is 1. The third-order valence-electron chi connectivity index (χ3n) is 4.54. The Morgan fingerprint density at radius 1 is 1.00 bits per heavy atom. The molecule has 0 aliphatic heterocycles. The SMILES string of the molecule is CCCCOP(=O)(OCCCC)[C@H](Nc1ccccc1C(=O)O)c1ccccc1O. The maximum Gasteiger partial charge on any atom is 0.357 e. The molecule has 0 bridgehead atoms. The Hall–Kier alpha value is -2.34. The maximum atomic E-state index is 13.9. The molecule has 0 fully saturated rings. The largest absolute Gasteiger partial charge is 0.508 e. The van der Waals surface area contributed by atoms with Crippen molar-refractivity contribution in [3.8, 4) is 5.75 Å². The predicted octanol–water partition coefficient (Wildman–Crippen LogP) is 6.03. The molecule has 3 N–H and O–H groups in total. The van der Waals surface area contributed by atoms with Gasteiger partial charge in [-0.25, -0.2) is 4.79 Å². The number of para-hydroxylation sites is 2. The van der Waals surface area contributed by atoms with Crippen LogP contribution in [0.4, 0.5) is 5.69 Å². The normalized spacial score (nSPS) is 12.5. The Labute approximate surface area is 177 Å². The fourth-order valence-corrected chi connectivity index (χ4v) is 4.84. The quantitative estimate of drug-likeness (QED) is 0.261. The number of carboxylic acid groups (broad SMARTS) is 1. The van der Waals surface area contributed by atoms with Gasteiger partial charge in [0.05, 0.1) is 18.8 Å². The molecule has 8 heteroatoms. The monoisotopic (exact) mass is 435 g/mol. The standard InChI is InChI=1S/C22H30NO6P/c1-3-5-15-28-30(27,29-16-6-4-2)21(18-12-8-10-14-20(18)24)23-19-13-9-7-11-17(19)22(25)26/h7-14,21,23-24H,3-6,15-16H2,1-2H3,(H,25,26)/t21-/m0/s1. The van der Waals surface area contributed by atoms with Crippen LogP contribution in [-0.2, 0) is 13.6 Å². The van der Waals surface area contributed by atoms with Gasteiger partial charge in [0.2, 0.25) is 0 Å². The van der Waals surface area contributed by atoms with Crippen molar-refractivity contribution in [3.63, 3.8) is 0 Å². The smallest absolute Gasteiger partial charge is 0.357 e. The molecular formula is C22H30NO6P. The second-order valence-electron chi connectivity index (χ2n) is 6.87. The van der Waals surface area contributed by atoms with Crippen LogP contribution in [0.5, 0.6) is 5.75 Å². The van der Waals surface area contributed by atoms with Crippen LogP contribution in [0.3, 0.4) is 0 Å². The van der Waals surface area contributed by atoms with Crippen molar-refractivity contribution in [3.05, 3.63) is 59.7 Å². The first-order chi connectivity index (χ1) is 14.4. The molecule has 0 unspecified atom stereocenters. The molecule has 0 radical (unpaired) electrons. The van der Waals surface area contributed by atoms with Crippen molar-refractivity contribution < 1.29 is 28.6 Å². The van der Waals surface area contributed by atoms with Crippen molar-refractivity contribution in [1.82, 2.24) is 0 Å². The number of aromatic hydroxyl groups is 1. The Balaban J connectivity index is 2.51. The van der Waals surface area contributed by atoms with E-state index in [2.05, 4.69) is 5.32 Å². The van der Waals surface area contributed by atoms with Crippen molar-refractivity contribution >= 4 is 19.3 Å². The molecule has 0 saturated carbocycles. The number of hydrogen-bond donors (Lipinski definition) is 3. The third-order valence-corrected chi connectivity index (χ3v) is 6.66. The fraction of sp³-hybridized carbons (Fsp3) is 0.409. The van der Waals surface area contributed by atoms with Gasteiger partial charge in [-0.2, -0.15) is 0 Å². The number of unbranched alkanes of at least 4 members (excludes halogenated alkanes) is 2. The average molecular weight is 435 g/mol. The summed E-state index contributed by atoms with van der Waals surface area (Å²) < 4.78 is 25.5. The van der Waals surface area contributed by atoms with E-state index in [0.29, 0.717) is 18.4 Å². The molecule has 1 atom stereocenters. The first-order valence-electron chi connectivity index (χ1n) is 10.2. The lowest BCUT2D eigenvalue weighted by Gasteiger charge is -2.29. The third kappa shape index (κ3) is 6.33. The molecule has 0 amide bonds. The highest BCUT2D eigenvalue weighted by atomic mass is 31.2. The molecule has 30 heavy (non-hydrogen) atoms. The summed E-state index contributed by atoms with van der Waals surface area (Å²) in [7, 11) is -3.82. The summed E-state index contributed by atoms with van der Waals surface area (Å²) >= 11 is 0. The number of nitrogens with one attached hydrogen (secondary N) is 1. The van der Waals surface area contributed by atoms with Crippen LogP contribution in [-0.4, -0.2) is 29.4 Å². The minimum atomic E-state index is -3.82. The molecule has 0 aromatic heterocycles. The van der Waals surface area contributed by atoms with E-state index in [4.69, 9.17) is 9.05 Å². The van der Waals surface area contributed by atoms with Gasteiger partial charge >= 0.3 is 13.6 Å². The fourth-order valence-electron chi connectivity index (χ4n) is 2.85. The van der Waals surface area contributed by atoms with E-state index in [0.717, 1.165) is 12.8 Å². The van der Waals surface area contributed by atoms with E-state index in [1.54, 1.807) is 36.4 Å². The van der Waals surface area contributed by atoms with Gasteiger partial charge in [0.15, 0.2) is 5.78 Å². The Bertz CT molecular complexity index is 858. The van der Waals surface area contributed by atoms with Gasteiger partial charge in [-0.3, -0.25) is 4.57 Å². The molecule has 2 aromatic rings. The molecule has 0 aliphatic rings. The Morgan fingerprint density at radius 2 is 1.57 bits per heavy atom. The van der Waals surface area contributed by atoms with E-state index in [9.17, 15) is 19.6 Å². The molecule has 0 saturated heterocycles. The number of hydrogen-bond acceptors (Lipinski definition) is 6. The summed E-state index contributed by atoms with van der Waals surface area (Å²) in [5.74, 6) is -2.28. The number of carbonyl (C=O) groups is 1. The van der Waals surface area contributed by atoms with E-state index < -0.39 is 19.3 Å². The number of rotatable bonds is 13. The summed E-state index contributed by atoms with van der Waals surface area (Å²) in [5.41, 5.74) is 0.595. The summed E-state index contributed by atoms with van der Waals surface area (Å²) in [6.07, 6.45) is 3.09. The Morgan fingerprint density at radius 3 is 2.13 bits per heavy atom. The lowest BCUT2D eigenvalue weighted by Crippen LogP contribution is -2.18. The average Bonchev–Trinajstić information content (AvgIpc) is 2.73. The van der Waals surface area contributed by atoms with Crippen molar-refractivity contribution in [2.45, 2.75) is 45.3 Å². The summed E-state index contributed by atoms with van der Waals surface area (Å²) in [5, 5.41) is 23.0. The highest BCUT2D eigenvalue weighted by molar-refractivity contribution is 7.54. The van der Waals surface area contributed by atoms with Crippen LogP contribution < -0.4 is 5.32 Å². The lowest BCUT2D eigenvalue weighted by molar-refractivity contribution is 0.0697. The maximum absolute atomic E-state index is 13.9. The molecule has 2 rings (SSSR count). The molecule has 0 heterocycles. The number of phenols is 1. The van der Waals surface area contributed by atoms with Gasteiger partial charge in [0, 0.05) is 11.3 Å². The van der Waals surface area contributed by atoms with Gasteiger partial charge in [-0.05, 0) is 31.0 Å². The van der Waals surface area contributed by atoms with Gasteiger partial charge in [-0.15, -0.1) is 0 Å². The second-order valence-corrected chi connectivity index (χ2v) is 8.98. The first kappa shape index (κ1) is 23.9. The van der Waals surface area contributed by atoms with Crippen LogP contribution in [0.15, 0.2) is 48.5 Å². The summed E-state index contributed by atoms with van der Waals surface area (Å²) in [4.78, 5) is 11.7. The van der Waals surface area contributed by atoms with Gasteiger partial charge in [0.1, 0.15) is 5.75 Å². The molecule has 2 aromatic carbocycles. The zero-order valence-corrected chi connectivity index (χ0v) is 18.3. The van der Waals surface area contributed by atoms with E-state index in [1.807, 2.05) is 13.8 Å². The van der Waals surface area contributed by atoms with E-state index in [-0.39, 0.29) is 30.2 Å². The zero-order valence-electron chi connectivity index (χ0n) is 17.4. The van der Waals surface area contributed by atoms with Crippen molar-refractivity contribution in [2.24, 2.45) is 0 Å². The van der Waals surface area contributed by atoms with Gasteiger partial charge < -0.3 is 24.6 Å². The van der Waals surface area contributed by atoms with Crippen LogP contribution >= 0.6 is 7.60 Å². The number of anilines is 1. The summed E-state index contributed by atoms with van der Waals surface area (Å²) in [6, 6.07) is 12.8. The predicted molar refractivity (Wildman–Crippen MR) is 117 cm³/mol. The van der Waals surface area contributed by atoms with Crippen LogP contribution in [0.25, 0.3) is 0 Å². The second kappa shape index (κ2) is 11.7. The number of benzene rings is 2. The summed E-state index contributed by atoms with van der Waals surface area (Å²) in [6.45, 7) is 4.45. The molecule has 7 nitrogen and oxygen atoms in total. The highest BCUT2D eigenvalue weighted by Crippen LogP contribution is 2.62. The van der Waals surface area contributed by atoms with Gasteiger partial charge in [-0.1, -0.05) is 57.0 Å². The zero-order chi connectivity index (χ0) is 22.0. The Kier molecular flexibility index (Phi) is 9.37. The topological polar surface area (TPSA) is 105 Å². The minimum absolute atomic E-state index is 0.0200. The first-order valence-corrected chi connectivity index (χ1v) is 11.8. The van der Waals surface area contributed by atoms with Crippen LogP contribution in [0.1, 0.15) is 61.2 Å². The molecule has 0 aliphatic carbocycles. The highest BCUT2D eigenvalue weighted by Gasteiger charge is 2.39. The number of carboxylic acids is 1. The lowest BCUT2D eigenvalue weighted by atomic mass is 10.1. The molecule has 164 valence electrons. The van der Waals surface area contributed by atoms with Crippen molar-refractivity contribution in [2.75, 3.05) is 18.5 Å². The van der Waals surface area contributed by atoms with Gasteiger partial charge in [0.25, 0.3) is 0 Å². The molecular weight excluding hydrogens is 405 g/mol. The van der Waals surface area contributed by atoms with E-state index >= 15 is 0 Å². The van der Waals surface area contributed by atoms with E-state index in [1.165, 1.54) is 12.1 Å². The number of phenolic OH excluding ortho intramolecular Hbond substituents is 1. The van der Waals surface area contributed by atoms with Crippen molar-refractivity contribution in [1.29, 1.82) is 0 Å². The van der Waals surface area contributed by atoms with Crippen LogP contribution in [0, 0.1) is 0 Å². The molecule has 0 spiro atoms. The minimum Gasteiger partial charge on any atom is -0.508 e. The van der Waals surface area contributed by atoms with Crippen LogP contribution in [0.2, 0.25) is 0 Å².